The smallest absolute Gasteiger partial charge is 0.306 e. The second kappa shape index (κ2) is 6.43. The van der Waals surface area contributed by atoms with Crippen LogP contribution < -0.4 is 0 Å². The van der Waals surface area contributed by atoms with Gasteiger partial charge in [-0.3, -0.25) is 4.79 Å². The molecule has 1 atom stereocenters. The number of carbonyl (C=O) groups is 1. The lowest BCUT2D eigenvalue weighted by molar-refractivity contribution is -0.141. The van der Waals surface area contributed by atoms with Crippen molar-refractivity contribution in [3.05, 3.63) is 35.4 Å². The fourth-order valence-electron chi connectivity index (χ4n) is 3.37. The molecule has 0 aliphatic heterocycles. The van der Waals surface area contributed by atoms with E-state index in [2.05, 4.69) is 24.3 Å². The van der Waals surface area contributed by atoms with Crippen LogP contribution in [0.15, 0.2) is 24.3 Å². The maximum Gasteiger partial charge on any atom is 0.306 e. The van der Waals surface area contributed by atoms with Crippen molar-refractivity contribution in [1.29, 1.82) is 0 Å². The standard InChI is InChI=1S/C18H24O2S/c1-20-17(19)11-18(9-10-18)13-21-12-15-7-4-6-14-5-2-3-8-16(14)15/h2-3,5,8,15H,4,6-7,9-13H2,1H3. The van der Waals surface area contributed by atoms with Crippen LogP contribution in [0.2, 0.25) is 0 Å². The highest BCUT2D eigenvalue weighted by Crippen LogP contribution is 2.51. The third-order valence-corrected chi connectivity index (χ3v) is 6.38. The summed E-state index contributed by atoms with van der Waals surface area (Å²) in [6, 6.07) is 8.91. The summed E-state index contributed by atoms with van der Waals surface area (Å²) in [4.78, 5) is 11.5. The van der Waals surface area contributed by atoms with Gasteiger partial charge in [-0.05, 0) is 60.3 Å². The van der Waals surface area contributed by atoms with E-state index in [0.29, 0.717) is 12.3 Å². The minimum atomic E-state index is -0.0453. The van der Waals surface area contributed by atoms with Crippen LogP contribution in [0.4, 0.5) is 0 Å². The fourth-order valence-corrected chi connectivity index (χ4v) is 4.94. The van der Waals surface area contributed by atoms with Crippen LogP contribution in [0.1, 0.15) is 49.1 Å². The van der Waals surface area contributed by atoms with Crippen molar-refractivity contribution in [2.75, 3.05) is 18.6 Å². The lowest BCUT2D eigenvalue weighted by Gasteiger charge is -2.25. The molecule has 2 aliphatic carbocycles. The predicted octanol–water partition coefficient (Wildman–Crippen LogP) is 4.18. The Hall–Kier alpha value is -0.960. The molecule has 21 heavy (non-hydrogen) atoms. The summed E-state index contributed by atoms with van der Waals surface area (Å²) in [5, 5.41) is 0. The molecule has 0 bridgehead atoms. The van der Waals surface area contributed by atoms with Gasteiger partial charge in [-0.1, -0.05) is 24.3 Å². The van der Waals surface area contributed by atoms with Crippen LogP contribution in [0.5, 0.6) is 0 Å². The first-order chi connectivity index (χ1) is 10.2. The molecule has 1 unspecified atom stereocenters. The van der Waals surface area contributed by atoms with Gasteiger partial charge >= 0.3 is 5.97 Å². The number of aryl methyl sites for hydroxylation is 1. The molecular formula is C18H24O2S. The molecule has 0 radical (unpaired) electrons. The van der Waals surface area contributed by atoms with Crippen molar-refractivity contribution >= 4 is 17.7 Å². The summed E-state index contributed by atoms with van der Waals surface area (Å²) < 4.78 is 4.82. The number of carbonyl (C=O) groups excluding carboxylic acids is 1. The van der Waals surface area contributed by atoms with Crippen LogP contribution in [0.25, 0.3) is 0 Å². The van der Waals surface area contributed by atoms with E-state index in [-0.39, 0.29) is 11.4 Å². The monoisotopic (exact) mass is 304 g/mol. The molecule has 0 N–H and O–H groups in total. The molecule has 1 saturated carbocycles. The summed E-state index contributed by atoms with van der Waals surface area (Å²) in [7, 11) is 1.49. The van der Waals surface area contributed by atoms with E-state index < -0.39 is 0 Å². The number of rotatable bonds is 6. The third-order valence-electron chi connectivity index (χ3n) is 4.93. The average molecular weight is 304 g/mol. The highest BCUT2D eigenvalue weighted by Gasteiger charge is 2.44. The molecule has 3 rings (SSSR count). The number of thioether (sulfide) groups is 1. The maximum absolute atomic E-state index is 11.5. The third kappa shape index (κ3) is 3.63. The van der Waals surface area contributed by atoms with Crippen molar-refractivity contribution in [1.82, 2.24) is 0 Å². The first kappa shape index (κ1) is 15.0. The molecule has 0 saturated heterocycles. The van der Waals surface area contributed by atoms with Gasteiger partial charge in [-0.2, -0.15) is 11.8 Å². The lowest BCUT2D eigenvalue weighted by atomic mass is 9.84. The lowest BCUT2D eigenvalue weighted by Crippen LogP contribution is -2.15. The Balaban J connectivity index is 1.52. The van der Waals surface area contributed by atoms with Crippen molar-refractivity contribution in [2.45, 2.75) is 44.4 Å². The van der Waals surface area contributed by atoms with Gasteiger partial charge in [0, 0.05) is 5.75 Å². The Morgan fingerprint density at radius 2 is 2.19 bits per heavy atom. The largest absolute Gasteiger partial charge is 0.469 e. The number of methoxy groups -OCH3 is 1. The van der Waals surface area contributed by atoms with Crippen LogP contribution in [0, 0.1) is 5.41 Å². The van der Waals surface area contributed by atoms with E-state index >= 15 is 0 Å². The van der Waals surface area contributed by atoms with E-state index in [4.69, 9.17) is 4.74 Å². The number of hydrogen-bond acceptors (Lipinski definition) is 3. The molecular weight excluding hydrogens is 280 g/mol. The zero-order valence-electron chi connectivity index (χ0n) is 12.8. The summed E-state index contributed by atoms with van der Waals surface area (Å²) in [6.07, 6.45) is 6.86. The molecule has 2 aliphatic rings. The molecule has 1 fully saturated rings. The zero-order valence-corrected chi connectivity index (χ0v) is 13.6. The van der Waals surface area contributed by atoms with Gasteiger partial charge in [0.2, 0.25) is 0 Å². The van der Waals surface area contributed by atoms with E-state index in [1.54, 1.807) is 11.1 Å². The molecule has 0 amide bonds. The molecule has 1 aromatic carbocycles. The number of ether oxygens (including phenoxy) is 1. The van der Waals surface area contributed by atoms with Gasteiger partial charge in [-0.25, -0.2) is 0 Å². The van der Waals surface area contributed by atoms with Crippen LogP contribution in [0.3, 0.4) is 0 Å². The van der Waals surface area contributed by atoms with Crippen LogP contribution in [-0.2, 0) is 16.0 Å². The summed E-state index contributed by atoms with van der Waals surface area (Å²) in [5.74, 6) is 2.96. The molecule has 0 heterocycles. The molecule has 114 valence electrons. The molecule has 3 heteroatoms. The topological polar surface area (TPSA) is 26.3 Å². The average Bonchev–Trinajstić information content (AvgIpc) is 3.27. The molecule has 0 aromatic heterocycles. The van der Waals surface area contributed by atoms with Gasteiger partial charge in [0.15, 0.2) is 0 Å². The molecule has 1 aromatic rings. The van der Waals surface area contributed by atoms with E-state index in [1.807, 2.05) is 11.8 Å². The highest BCUT2D eigenvalue weighted by molar-refractivity contribution is 7.99. The molecule has 0 spiro atoms. The van der Waals surface area contributed by atoms with Gasteiger partial charge in [-0.15, -0.1) is 0 Å². The minimum absolute atomic E-state index is 0.0453. The van der Waals surface area contributed by atoms with Gasteiger partial charge < -0.3 is 4.74 Å². The second-order valence-corrected chi connectivity index (χ2v) is 7.59. The highest BCUT2D eigenvalue weighted by atomic mass is 32.2. The van der Waals surface area contributed by atoms with E-state index in [9.17, 15) is 4.79 Å². The first-order valence-electron chi connectivity index (χ1n) is 7.95. The predicted molar refractivity (Wildman–Crippen MR) is 87.7 cm³/mol. The first-order valence-corrected chi connectivity index (χ1v) is 9.10. The van der Waals surface area contributed by atoms with Gasteiger partial charge in [0.25, 0.3) is 0 Å². The molecule has 2 nitrogen and oxygen atoms in total. The summed E-state index contributed by atoms with van der Waals surface area (Å²) in [6.45, 7) is 0. The van der Waals surface area contributed by atoms with Crippen molar-refractivity contribution in [3.8, 4) is 0 Å². The van der Waals surface area contributed by atoms with Crippen LogP contribution >= 0.6 is 11.8 Å². The van der Waals surface area contributed by atoms with E-state index in [0.717, 1.165) is 5.75 Å². The zero-order chi connectivity index (χ0) is 14.7. The second-order valence-electron chi connectivity index (χ2n) is 6.56. The van der Waals surface area contributed by atoms with Gasteiger partial charge in [0.1, 0.15) is 0 Å². The van der Waals surface area contributed by atoms with Crippen molar-refractivity contribution in [2.24, 2.45) is 5.41 Å². The van der Waals surface area contributed by atoms with Crippen LogP contribution in [-0.4, -0.2) is 24.6 Å². The van der Waals surface area contributed by atoms with Crippen molar-refractivity contribution < 1.29 is 9.53 Å². The number of benzene rings is 1. The SMILES string of the molecule is COC(=O)CC1(CSCC2CCCc3ccccc32)CC1. The Morgan fingerprint density at radius 3 is 2.95 bits per heavy atom. The summed E-state index contributed by atoms with van der Waals surface area (Å²) >= 11 is 2.04. The Labute approximate surface area is 131 Å². The normalized spacial score (nSPS) is 22.4. The van der Waals surface area contributed by atoms with E-state index in [1.165, 1.54) is 45.0 Å². The maximum atomic E-state index is 11.5. The Morgan fingerprint density at radius 1 is 1.38 bits per heavy atom. The minimum Gasteiger partial charge on any atom is -0.469 e. The number of esters is 1. The Kier molecular flexibility index (Phi) is 4.58. The fraction of sp³-hybridized carbons (Fsp3) is 0.611. The number of fused-ring (bicyclic) bond motifs is 1. The van der Waals surface area contributed by atoms with Crippen molar-refractivity contribution in [3.63, 3.8) is 0 Å². The quantitative estimate of drug-likeness (QED) is 0.737. The number of hydrogen-bond donors (Lipinski definition) is 0. The Bertz CT molecular complexity index is 508. The summed E-state index contributed by atoms with van der Waals surface area (Å²) in [5.41, 5.74) is 3.37. The van der Waals surface area contributed by atoms with Gasteiger partial charge in [0.05, 0.1) is 13.5 Å².